The molecule has 0 aliphatic carbocycles. The molecule has 1 amide bonds. The van der Waals surface area contributed by atoms with Crippen molar-refractivity contribution in [3.8, 4) is 0 Å². The van der Waals surface area contributed by atoms with Gasteiger partial charge in [0.1, 0.15) is 17.9 Å². The van der Waals surface area contributed by atoms with E-state index in [1.54, 1.807) is 6.33 Å². The maximum atomic E-state index is 12.4. The number of nitrogens with zero attached hydrogens (tertiary/aromatic N) is 4. The lowest BCUT2D eigenvalue weighted by atomic mass is 10.1. The van der Waals surface area contributed by atoms with Gasteiger partial charge in [0.25, 0.3) is 0 Å². The highest BCUT2D eigenvalue weighted by Crippen LogP contribution is 2.17. The first-order valence-corrected chi connectivity index (χ1v) is 6.95. The fourth-order valence-corrected chi connectivity index (χ4v) is 2.53. The van der Waals surface area contributed by atoms with Gasteiger partial charge in [-0.1, -0.05) is 0 Å². The second-order valence-corrected chi connectivity index (χ2v) is 5.08. The number of hydrogen-bond donors (Lipinski definition) is 2. The molecule has 0 radical (unpaired) electrons. The molecule has 2 N–H and O–H groups in total. The summed E-state index contributed by atoms with van der Waals surface area (Å²) in [6, 6.07) is -0.311. The Labute approximate surface area is 116 Å². The zero-order valence-electron chi connectivity index (χ0n) is 11.5. The molecule has 1 fully saturated rings. The highest BCUT2D eigenvalue weighted by atomic mass is 16.2. The molecule has 1 aliphatic heterocycles. The van der Waals surface area contributed by atoms with E-state index in [1.165, 1.54) is 12.7 Å². The van der Waals surface area contributed by atoms with Gasteiger partial charge in [-0.3, -0.25) is 4.79 Å². The van der Waals surface area contributed by atoms with E-state index in [-0.39, 0.29) is 11.9 Å². The lowest BCUT2D eigenvalue weighted by Crippen LogP contribution is -2.44. The van der Waals surface area contributed by atoms with Gasteiger partial charge in [0.2, 0.25) is 5.91 Å². The number of fused-ring (bicyclic) bond motifs is 1. The first-order valence-electron chi connectivity index (χ1n) is 6.95. The van der Waals surface area contributed by atoms with Gasteiger partial charge in [0.15, 0.2) is 11.5 Å². The number of carbonyl (C=O) groups excluding carboxylic acids is 1. The van der Waals surface area contributed by atoms with Gasteiger partial charge in [0.05, 0.1) is 6.33 Å². The minimum atomic E-state index is -0.311. The SMILES string of the molecule is CC(Nc1ncnc2nc[nH]c12)C(=O)N1CCCCC1. The molecule has 2 aromatic heterocycles. The Morgan fingerprint density at radius 2 is 2.10 bits per heavy atom. The summed E-state index contributed by atoms with van der Waals surface area (Å²) in [7, 11) is 0. The summed E-state index contributed by atoms with van der Waals surface area (Å²) >= 11 is 0. The number of aromatic amines is 1. The van der Waals surface area contributed by atoms with Crippen LogP contribution in [0.25, 0.3) is 11.2 Å². The summed E-state index contributed by atoms with van der Waals surface area (Å²) in [4.78, 5) is 29.6. The van der Waals surface area contributed by atoms with Crippen LogP contribution >= 0.6 is 0 Å². The molecule has 20 heavy (non-hydrogen) atoms. The normalized spacial score (nSPS) is 17.1. The van der Waals surface area contributed by atoms with E-state index in [2.05, 4.69) is 25.3 Å². The second kappa shape index (κ2) is 5.44. The summed E-state index contributed by atoms with van der Waals surface area (Å²) < 4.78 is 0. The van der Waals surface area contributed by atoms with Crippen LogP contribution in [0, 0.1) is 0 Å². The van der Waals surface area contributed by atoms with Crippen molar-refractivity contribution >= 4 is 22.9 Å². The molecule has 7 heteroatoms. The summed E-state index contributed by atoms with van der Waals surface area (Å²) in [5.74, 6) is 0.737. The molecule has 0 saturated carbocycles. The van der Waals surface area contributed by atoms with E-state index in [1.807, 2.05) is 11.8 Å². The van der Waals surface area contributed by atoms with Gasteiger partial charge in [0, 0.05) is 13.1 Å². The number of H-pyrrole nitrogens is 1. The number of aromatic nitrogens is 4. The lowest BCUT2D eigenvalue weighted by Gasteiger charge is -2.29. The van der Waals surface area contributed by atoms with E-state index in [0.717, 1.165) is 31.4 Å². The Morgan fingerprint density at radius 3 is 2.90 bits per heavy atom. The van der Waals surface area contributed by atoms with Crippen LogP contribution < -0.4 is 5.32 Å². The van der Waals surface area contributed by atoms with E-state index in [9.17, 15) is 4.79 Å². The molecule has 7 nitrogen and oxygen atoms in total. The van der Waals surface area contributed by atoms with Crippen molar-refractivity contribution < 1.29 is 4.79 Å². The number of likely N-dealkylation sites (tertiary alicyclic amines) is 1. The van der Waals surface area contributed by atoms with Gasteiger partial charge < -0.3 is 15.2 Å². The molecule has 2 aromatic rings. The highest BCUT2D eigenvalue weighted by Gasteiger charge is 2.22. The van der Waals surface area contributed by atoms with Gasteiger partial charge in [-0.2, -0.15) is 0 Å². The summed E-state index contributed by atoms with van der Waals surface area (Å²) in [5, 5.41) is 3.15. The van der Waals surface area contributed by atoms with Crippen LogP contribution in [0.15, 0.2) is 12.7 Å². The van der Waals surface area contributed by atoms with Crippen molar-refractivity contribution in [2.24, 2.45) is 0 Å². The van der Waals surface area contributed by atoms with Crippen LogP contribution in [0.4, 0.5) is 5.82 Å². The largest absolute Gasteiger partial charge is 0.357 e. The fourth-order valence-electron chi connectivity index (χ4n) is 2.53. The second-order valence-electron chi connectivity index (χ2n) is 5.08. The lowest BCUT2D eigenvalue weighted by molar-refractivity contribution is -0.132. The van der Waals surface area contributed by atoms with E-state index < -0.39 is 0 Å². The third kappa shape index (κ3) is 2.43. The van der Waals surface area contributed by atoms with Crippen molar-refractivity contribution in [3.05, 3.63) is 12.7 Å². The zero-order valence-corrected chi connectivity index (χ0v) is 11.5. The Balaban J connectivity index is 1.73. The predicted molar refractivity (Wildman–Crippen MR) is 75.2 cm³/mol. The molecule has 1 saturated heterocycles. The molecule has 1 atom stereocenters. The van der Waals surface area contributed by atoms with Crippen molar-refractivity contribution in [2.75, 3.05) is 18.4 Å². The van der Waals surface area contributed by atoms with Crippen molar-refractivity contribution in [1.29, 1.82) is 0 Å². The third-order valence-electron chi connectivity index (χ3n) is 3.61. The smallest absolute Gasteiger partial charge is 0.244 e. The van der Waals surface area contributed by atoms with E-state index in [4.69, 9.17) is 0 Å². The fraction of sp³-hybridized carbons (Fsp3) is 0.538. The minimum Gasteiger partial charge on any atom is -0.357 e. The first kappa shape index (κ1) is 12.8. The highest BCUT2D eigenvalue weighted by molar-refractivity contribution is 5.88. The number of imidazole rings is 1. The van der Waals surface area contributed by atoms with E-state index >= 15 is 0 Å². The average molecular weight is 274 g/mol. The van der Waals surface area contributed by atoms with Crippen molar-refractivity contribution in [2.45, 2.75) is 32.2 Å². The number of amides is 1. The van der Waals surface area contributed by atoms with Crippen molar-refractivity contribution in [1.82, 2.24) is 24.8 Å². The number of nitrogens with one attached hydrogen (secondary N) is 2. The molecular formula is C13H18N6O. The van der Waals surface area contributed by atoms with Crippen LogP contribution in [0.3, 0.4) is 0 Å². The molecule has 106 valence electrons. The third-order valence-corrected chi connectivity index (χ3v) is 3.61. The number of carbonyl (C=O) groups is 1. The van der Waals surface area contributed by atoms with Crippen LogP contribution in [0.1, 0.15) is 26.2 Å². The molecule has 0 aromatic carbocycles. The maximum Gasteiger partial charge on any atom is 0.244 e. The zero-order chi connectivity index (χ0) is 13.9. The topological polar surface area (TPSA) is 86.8 Å². The molecular weight excluding hydrogens is 256 g/mol. The van der Waals surface area contributed by atoms with Crippen molar-refractivity contribution in [3.63, 3.8) is 0 Å². The molecule has 3 heterocycles. The first-order chi connectivity index (χ1) is 9.75. The Bertz CT molecular complexity index is 604. The Hall–Kier alpha value is -2.18. The standard InChI is InChI=1S/C13H18N6O/c1-9(13(20)19-5-3-2-4-6-19)18-12-10-11(15-7-14-10)16-8-17-12/h7-9H,2-6H2,1H3,(H2,14,15,16,17,18). The average Bonchev–Trinajstić information content (AvgIpc) is 2.97. The summed E-state index contributed by atoms with van der Waals surface area (Å²) in [5.41, 5.74) is 1.32. The van der Waals surface area contributed by atoms with Gasteiger partial charge in [-0.05, 0) is 26.2 Å². The van der Waals surface area contributed by atoms with Gasteiger partial charge in [-0.25, -0.2) is 15.0 Å². The number of rotatable bonds is 3. The Kier molecular flexibility index (Phi) is 3.49. The number of hydrogen-bond acceptors (Lipinski definition) is 5. The van der Waals surface area contributed by atoms with Gasteiger partial charge >= 0.3 is 0 Å². The quantitative estimate of drug-likeness (QED) is 0.877. The van der Waals surface area contributed by atoms with Crippen LogP contribution in [0.2, 0.25) is 0 Å². The monoisotopic (exact) mass is 274 g/mol. The molecule has 0 bridgehead atoms. The molecule has 1 unspecified atom stereocenters. The van der Waals surface area contributed by atoms with Gasteiger partial charge in [-0.15, -0.1) is 0 Å². The summed E-state index contributed by atoms with van der Waals surface area (Å²) in [6.07, 6.45) is 6.42. The van der Waals surface area contributed by atoms with Crippen LogP contribution in [-0.2, 0) is 4.79 Å². The summed E-state index contributed by atoms with van der Waals surface area (Å²) in [6.45, 7) is 3.57. The molecule has 3 rings (SSSR count). The minimum absolute atomic E-state index is 0.121. The number of piperidine rings is 1. The maximum absolute atomic E-state index is 12.4. The van der Waals surface area contributed by atoms with Crippen LogP contribution in [0.5, 0.6) is 0 Å². The molecule has 1 aliphatic rings. The number of anilines is 1. The predicted octanol–water partition coefficient (Wildman–Crippen LogP) is 1.17. The van der Waals surface area contributed by atoms with Crippen LogP contribution in [-0.4, -0.2) is 49.9 Å². The van der Waals surface area contributed by atoms with E-state index in [0.29, 0.717) is 11.5 Å². The Morgan fingerprint density at radius 1 is 1.30 bits per heavy atom. The molecule has 0 spiro atoms.